The zero-order valence-electron chi connectivity index (χ0n) is 14.0. The zero-order chi connectivity index (χ0) is 18.4. The minimum atomic E-state index is -3.36. The molecule has 2 aromatic carbocycles. The molecule has 2 rings (SSSR count). The number of nitrogens with one attached hydrogen (secondary N) is 1. The first-order valence-electron chi connectivity index (χ1n) is 7.56. The van der Waals surface area contributed by atoms with E-state index in [1.807, 2.05) is 31.2 Å². The lowest BCUT2D eigenvalue weighted by Gasteiger charge is -2.08. The second kappa shape index (κ2) is 7.94. The summed E-state index contributed by atoms with van der Waals surface area (Å²) in [5.74, 6) is -1.04. The van der Waals surface area contributed by atoms with Crippen molar-refractivity contribution in [2.75, 3.05) is 18.2 Å². The van der Waals surface area contributed by atoms with Crippen LogP contribution in [0.15, 0.2) is 53.4 Å². The predicted molar refractivity (Wildman–Crippen MR) is 94.0 cm³/mol. The second-order valence-electron chi connectivity index (χ2n) is 5.61. The van der Waals surface area contributed by atoms with Crippen LogP contribution in [-0.4, -0.2) is 33.2 Å². The van der Waals surface area contributed by atoms with Gasteiger partial charge >= 0.3 is 5.97 Å². The molecular formula is C18H19NO5S. The monoisotopic (exact) mass is 361 g/mol. The lowest BCUT2D eigenvalue weighted by Crippen LogP contribution is -2.21. The van der Waals surface area contributed by atoms with Crippen molar-refractivity contribution in [3.63, 3.8) is 0 Å². The number of hydrogen-bond donors (Lipinski definition) is 1. The fourth-order valence-electron chi connectivity index (χ4n) is 2.16. The number of ether oxygens (including phenoxy) is 1. The molecule has 6 nitrogen and oxygen atoms in total. The van der Waals surface area contributed by atoms with Crippen LogP contribution in [-0.2, 0) is 30.6 Å². The van der Waals surface area contributed by atoms with E-state index >= 15 is 0 Å². The molecule has 0 aromatic heterocycles. The minimum Gasteiger partial charge on any atom is -0.455 e. The van der Waals surface area contributed by atoms with Gasteiger partial charge in [0.2, 0.25) is 0 Å². The number of anilines is 1. The quantitative estimate of drug-likeness (QED) is 0.796. The van der Waals surface area contributed by atoms with Gasteiger partial charge in [-0.15, -0.1) is 0 Å². The van der Waals surface area contributed by atoms with Gasteiger partial charge in [-0.3, -0.25) is 9.59 Å². The summed E-state index contributed by atoms with van der Waals surface area (Å²) in [6.45, 7) is 1.46. The van der Waals surface area contributed by atoms with Gasteiger partial charge in [0.15, 0.2) is 16.4 Å². The van der Waals surface area contributed by atoms with Gasteiger partial charge in [-0.25, -0.2) is 8.42 Å². The van der Waals surface area contributed by atoms with Gasteiger partial charge in [0.1, 0.15) is 0 Å². The van der Waals surface area contributed by atoms with E-state index in [1.54, 1.807) is 6.07 Å². The molecule has 0 heterocycles. The molecular weight excluding hydrogens is 342 g/mol. The highest BCUT2D eigenvalue weighted by Gasteiger charge is 2.12. The molecule has 0 aliphatic carbocycles. The van der Waals surface area contributed by atoms with Gasteiger partial charge in [0.05, 0.1) is 11.3 Å². The predicted octanol–water partition coefficient (Wildman–Crippen LogP) is 2.12. The summed E-state index contributed by atoms with van der Waals surface area (Å²) < 4.78 is 28.0. The van der Waals surface area contributed by atoms with E-state index in [2.05, 4.69) is 5.32 Å². The third-order valence-electron chi connectivity index (χ3n) is 3.51. The molecule has 0 atom stereocenters. The Morgan fingerprint density at radius 1 is 1.08 bits per heavy atom. The molecule has 0 saturated heterocycles. The van der Waals surface area contributed by atoms with Crippen molar-refractivity contribution in [2.24, 2.45) is 0 Å². The summed E-state index contributed by atoms with van der Waals surface area (Å²) in [7, 11) is -3.36. The molecule has 7 heteroatoms. The highest BCUT2D eigenvalue weighted by Crippen LogP contribution is 2.15. The van der Waals surface area contributed by atoms with Crippen LogP contribution in [0.3, 0.4) is 0 Å². The van der Waals surface area contributed by atoms with Gasteiger partial charge in [-0.1, -0.05) is 30.3 Å². The Morgan fingerprint density at radius 3 is 2.48 bits per heavy atom. The largest absolute Gasteiger partial charge is 0.455 e. The molecule has 2 aromatic rings. The Kier molecular flexibility index (Phi) is 5.93. The first-order valence-corrected chi connectivity index (χ1v) is 9.45. The average molecular weight is 361 g/mol. The smallest absolute Gasteiger partial charge is 0.310 e. The summed E-state index contributed by atoms with van der Waals surface area (Å²) in [5.41, 5.74) is 2.14. The lowest BCUT2D eigenvalue weighted by molar-refractivity contribution is -0.146. The molecule has 132 valence electrons. The Morgan fingerprint density at radius 2 is 1.80 bits per heavy atom. The second-order valence-corrected chi connectivity index (χ2v) is 7.63. The van der Waals surface area contributed by atoms with Crippen LogP contribution in [0.25, 0.3) is 0 Å². The molecule has 25 heavy (non-hydrogen) atoms. The van der Waals surface area contributed by atoms with Crippen molar-refractivity contribution >= 4 is 27.4 Å². The van der Waals surface area contributed by atoms with E-state index < -0.39 is 28.3 Å². The molecule has 0 spiro atoms. The number of carbonyl (C=O) groups is 2. The van der Waals surface area contributed by atoms with Gasteiger partial charge in [0, 0.05) is 11.9 Å². The molecule has 0 radical (unpaired) electrons. The topological polar surface area (TPSA) is 89.5 Å². The van der Waals surface area contributed by atoms with E-state index in [-0.39, 0.29) is 11.3 Å². The normalized spacial score (nSPS) is 11.0. The minimum absolute atomic E-state index is 0.0868. The maximum absolute atomic E-state index is 11.9. The van der Waals surface area contributed by atoms with E-state index in [4.69, 9.17) is 4.74 Å². The summed E-state index contributed by atoms with van der Waals surface area (Å²) in [6, 6.07) is 13.3. The average Bonchev–Trinajstić information content (AvgIpc) is 2.55. The van der Waals surface area contributed by atoms with Crippen LogP contribution >= 0.6 is 0 Å². The number of rotatable bonds is 6. The van der Waals surface area contributed by atoms with E-state index in [0.717, 1.165) is 17.4 Å². The summed E-state index contributed by atoms with van der Waals surface area (Å²) >= 11 is 0. The number of hydrogen-bond acceptors (Lipinski definition) is 5. The highest BCUT2D eigenvalue weighted by molar-refractivity contribution is 7.90. The molecule has 0 aliphatic rings. The molecule has 0 fully saturated rings. The van der Waals surface area contributed by atoms with Gasteiger partial charge in [0.25, 0.3) is 5.91 Å². The number of esters is 1. The number of aryl methyl sites for hydroxylation is 1. The maximum Gasteiger partial charge on any atom is 0.310 e. The third kappa shape index (κ3) is 5.72. The van der Waals surface area contributed by atoms with Crippen LogP contribution in [0.1, 0.15) is 11.1 Å². The van der Waals surface area contributed by atoms with Gasteiger partial charge < -0.3 is 10.1 Å². The van der Waals surface area contributed by atoms with Crippen molar-refractivity contribution in [3.05, 3.63) is 59.7 Å². The van der Waals surface area contributed by atoms with E-state index in [9.17, 15) is 18.0 Å². The SMILES string of the molecule is Cc1ccccc1CC(=O)OCC(=O)Nc1cccc(S(C)(=O)=O)c1. The van der Waals surface area contributed by atoms with Gasteiger partial charge in [-0.05, 0) is 36.2 Å². The molecule has 1 N–H and O–H groups in total. The molecule has 0 aliphatic heterocycles. The first kappa shape index (κ1) is 18.7. The van der Waals surface area contributed by atoms with Crippen molar-refractivity contribution in [1.29, 1.82) is 0 Å². The van der Waals surface area contributed by atoms with Gasteiger partial charge in [-0.2, -0.15) is 0 Å². The highest BCUT2D eigenvalue weighted by atomic mass is 32.2. The van der Waals surface area contributed by atoms with Crippen LogP contribution in [0.4, 0.5) is 5.69 Å². The number of benzene rings is 2. The zero-order valence-corrected chi connectivity index (χ0v) is 14.8. The summed E-state index contributed by atoms with van der Waals surface area (Å²) in [4.78, 5) is 23.8. The molecule has 0 saturated carbocycles. The molecule has 1 amide bonds. The van der Waals surface area contributed by atoms with Crippen molar-refractivity contribution < 1.29 is 22.7 Å². The Bertz CT molecular complexity index is 890. The molecule has 0 unspecified atom stereocenters. The van der Waals surface area contributed by atoms with Crippen molar-refractivity contribution in [2.45, 2.75) is 18.2 Å². The first-order chi connectivity index (χ1) is 11.8. The maximum atomic E-state index is 11.9. The van der Waals surface area contributed by atoms with Crippen LogP contribution in [0, 0.1) is 6.92 Å². The van der Waals surface area contributed by atoms with Crippen LogP contribution in [0.2, 0.25) is 0 Å². The van der Waals surface area contributed by atoms with E-state index in [1.165, 1.54) is 18.2 Å². The fourth-order valence-corrected chi connectivity index (χ4v) is 2.83. The number of sulfone groups is 1. The molecule has 0 bridgehead atoms. The third-order valence-corrected chi connectivity index (χ3v) is 4.62. The Labute approximate surface area is 146 Å². The van der Waals surface area contributed by atoms with Crippen molar-refractivity contribution in [1.82, 2.24) is 0 Å². The van der Waals surface area contributed by atoms with Crippen LogP contribution in [0.5, 0.6) is 0 Å². The lowest BCUT2D eigenvalue weighted by atomic mass is 10.1. The summed E-state index contributed by atoms with van der Waals surface area (Å²) in [6.07, 6.45) is 1.17. The fraction of sp³-hybridized carbons (Fsp3) is 0.222. The summed E-state index contributed by atoms with van der Waals surface area (Å²) in [5, 5.41) is 2.50. The standard InChI is InChI=1S/C18H19NO5S/c1-13-6-3-4-7-14(13)10-18(21)24-12-17(20)19-15-8-5-9-16(11-15)25(2,22)23/h3-9,11H,10,12H2,1-2H3,(H,19,20). The van der Waals surface area contributed by atoms with Crippen molar-refractivity contribution in [3.8, 4) is 0 Å². The number of amides is 1. The van der Waals surface area contributed by atoms with E-state index in [0.29, 0.717) is 5.69 Å². The Balaban J connectivity index is 1.89. The van der Waals surface area contributed by atoms with Crippen LogP contribution < -0.4 is 5.32 Å². The Hall–Kier alpha value is -2.67. The number of carbonyl (C=O) groups excluding carboxylic acids is 2.